The van der Waals surface area contributed by atoms with Crippen LogP contribution in [0.2, 0.25) is 0 Å². The largest absolute Gasteiger partial charge is 0.491 e. The Kier molecular flexibility index (Phi) is 5.99. The number of thiophene rings is 1. The molecule has 118 valence electrons. The minimum Gasteiger partial charge on any atom is -0.491 e. The van der Waals surface area contributed by atoms with Gasteiger partial charge in [-0.2, -0.15) is 0 Å². The highest BCUT2D eigenvalue weighted by Crippen LogP contribution is 2.23. The lowest BCUT2D eigenvalue weighted by molar-refractivity contribution is -0.149. The van der Waals surface area contributed by atoms with Gasteiger partial charge in [0, 0.05) is 11.4 Å². The molecule has 1 heterocycles. The van der Waals surface area contributed by atoms with Crippen LogP contribution in [0, 0.1) is 0 Å². The summed E-state index contributed by atoms with van der Waals surface area (Å²) in [4.78, 5) is 13.2. The van der Waals surface area contributed by atoms with E-state index in [2.05, 4.69) is 21.2 Å². The minimum atomic E-state index is -0.916. The summed E-state index contributed by atoms with van der Waals surface area (Å²) in [5.74, 6) is 0.373. The van der Waals surface area contributed by atoms with Gasteiger partial charge in [-0.3, -0.25) is 5.32 Å². The topological polar surface area (TPSA) is 47.6 Å². The van der Waals surface area contributed by atoms with E-state index in [4.69, 9.17) is 9.47 Å². The van der Waals surface area contributed by atoms with Gasteiger partial charge in [-0.1, -0.05) is 18.2 Å². The van der Waals surface area contributed by atoms with Crippen LogP contribution < -0.4 is 10.1 Å². The predicted molar refractivity (Wildman–Crippen MR) is 91.2 cm³/mol. The van der Waals surface area contributed by atoms with E-state index in [0.29, 0.717) is 6.54 Å². The SMILES string of the molecule is COC(=O)C(C)(COc1ccccc1)NCc1ccc(Br)s1. The van der Waals surface area contributed by atoms with Crippen LogP contribution >= 0.6 is 27.3 Å². The maximum atomic E-state index is 12.1. The number of rotatable bonds is 7. The lowest BCUT2D eigenvalue weighted by atomic mass is 10.0. The third kappa shape index (κ3) is 4.56. The summed E-state index contributed by atoms with van der Waals surface area (Å²) >= 11 is 5.05. The van der Waals surface area contributed by atoms with Crippen molar-refractivity contribution in [1.82, 2.24) is 5.32 Å². The number of carbonyl (C=O) groups excluding carboxylic acids is 1. The van der Waals surface area contributed by atoms with E-state index in [0.717, 1.165) is 14.4 Å². The van der Waals surface area contributed by atoms with E-state index < -0.39 is 5.54 Å². The molecule has 0 aliphatic carbocycles. The molecule has 0 spiro atoms. The Morgan fingerprint density at radius 1 is 1.27 bits per heavy atom. The van der Waals surface area contributed by atoms with Gasteiger partial charge in [0.15, 0.2) is 0 Å². The van der Waals surface area contributed by atoms with Crippen LogP contribution in [0.4, 0.5) is 0 Å². The molecular formula is C16H18BrNO3S. The summed E-state index contributed by atoms with van der Waals surface area (Å²) in [7, 11) is 1.38. The summed E-state index contributed by atoms with van der Waals surface area (Å²) in [6, 6.07) is 13.4. The second-order valence-corrected chi connectivity index (χ2v) is 7.53. The van der Waals surface area contributed by atoms with Crippen LogP contribution in [-0.2, 0) is 16.1 Å². The van der Waals surface area contributed by atoms with Crippen molar-refractivity contribution in [3.63, 3.8) is 0 Å². The first-order valence-electron chi connectivity index (χ1n) is 6.79. The fourth-order valence-electron chi connectivity index (χ4n) is 1.88. The zero-order valence-electron chi connectivity index (χ0n) is 12.5. The molecule has 0 fully saturated rings. The monoisotopic (exact) mass is 383 g/mol. The van der Waals surface area contributed by atoms with E-state index in [1.165, 1.54) is 7.11 Å². The highest BCUT2D eigenvalue weighted by atomic mass is 79.9. The molecule has 2 aromatic rings. The fraction of sp³-hybridized carbons (Fsp3) is 0.312. The quantitative estimate of drug-likeness (QED) is 0.741. The average molecular weight is 384 g/mol. The molecule has 0 saturated carbocycles. The molecule has 1 unspecified atom stereocenters. The van der Waals surface area contributed by atoms with Crippen LogP contribution in [0.25, 0.3) is 0 Å². The smallest absolute Gasteiger partial charge is 0.329 e. The van der Waals surface area contributed by atoms with E-state index in [1.807, 2.05) is 42.5 Å². The van der Waals surface area contributed by atoms with Gasteiger partial charge in [-0.25, -0.2) is 4.79 Å². The average Bonchev–Trinajstić information content (AvgIpc) is 2.97. The summed E-state index contributed by atoms with van der Waals surface area (Å²) in [6.07, 6.45) is 0. The second-order valence-electron chi connectivity index (χ2n) is 4.98. The summed E-state index contributed by atoms with van der Waals surface area (Å²) < 4.78 is 11.7. The van der Waals surface area contributed by atoms with Crippen LogP contribution in [0.1, 0.15) is 11.8 Å². The van der Waals surface area contributed by atoms with Gasteiger partial charge in [0.05, 0.1) is 10.9 Å². The number of nitrogens with one attached hydrogen (secondary N) is 1. The molecule has 1 N–H and O–H groups in total. The molecular weight excluding hydrogens is 366 g/mol. The first kappa shape index (κ1) is 17.0. The van der Waals surface area contributed by atoms with Gasteiger partial charge >= 0.3 is 5.97 Å². The number of ether oxygens (including phenoxy) is 2. The van der Waals surface area contributed by atoms with Crippen molar-refractivity contribution in [3.8, 4) is 5.75 Å². The number of hydrogen-bond acceptors (Lipinski definition) is 5. The molecule has 0 radical (unpaired) electrons. The Labute approximate surface area is 142 Å². The standard InChI is InChI=1S/C16H18BrNO3S/c1-16(15(19)20-2,11-21-12-6-4-3-5-7-12)18-10-13-8-9-14(17)22-13/h3-9,18H,10-11H2,1-2H3. The lowest BCUT2D eigenvalue weighted by Crippen LogP contribution is -2.54. The number of para-hydroxylation sites is 1. The molecule has 0 aliphatic heterocycles. The fourth-order valence-corrected chi connectivity index (χ4v) is 3.30. The van der Waals surface area contributed by atoms with Crippen molar-refractivity contribution in [1.29, 1.82) is 0 Å². The van der Waals surface area contributed by atoms with Crippen molar-refractivity contribution in [2.75, 3.05) is 13.7 Å². The summed E-state index contributed by atoms with van der Waals surface area (Å²) in [5.41, 5.74) is -0.916. The van der Waals surface area contributed by atoms with Crippen LogP contribution in [0.15, 0.2) is 46.3 Å². The van der Waals surface area contributed by atoms with Crippen LogP contribution in [0.5, 0.6) is 5.75 Å². The van der Waals surface area contributed by atoms with Crippen molar-refractivity contribution < 1.29 is 14.3 Å². The Morgan fingerprint density at radius 2 is 2.00 bits per heavy atom. The molecule has 2 rings (SSSR count). The molecule has 6 heteroatoms. The number of benzene rings is 1. The van der Waals surface area contributed by atoms with Crippen molar-refractivity contribution in [2.24, 2.45) is 0 Å². The third-order valence-corrected chi connectivity index (χ3v) is 4.81. The van der Waals surface area contributed by atoms with Crippen molar-refractivity contribution in [2.45, 2.75) is 19.0 Å². The molecule has 1 aromatic carbocycles. The summed E-state index contributed by atoms with van der Waals surface area (Å²) in [5, 5.41) is 3.24. The lowest BCUT2D eigenvalue weighted by Gasteiger charge is -2.27. The minimum absolute atomic E-state index is 0.191. The number of methoxy groups -OCH3 is 1. The second kappa shape index (κ2) is 7.76. The Bertz CT molecular complexity index is 617. The number of halogens is 1. The van der Waals surface area contributed by atoms with Crippen LogP contribution in [0.3, 0.4) is 0 Å². The zero-order valence-corrected chi connectivity index (χ0v) is 14.9. The first-order chi connectivity index (χ1) is 10.5. The molecule has 1 aromatic heterocycles. The van der Waals surface area contributed by atoms with Gasteiger partial charge in [-0.15, -0.1) is 11.3 Å². The van der Waals surface area contributed by atoms with Gasteiger partial charge in [0.2, 0.25) is 0 Å². The Morgan fingerprint density at radius 3 is 2.59 bits per heavy atom. The highest BCUT2D eigenvalue weighted by Gasteiger charge is 2.35. The van der Waals surface area contributed by atoms with Gasteiger partial charge in [0.1, 0.15) is 17.9 Å². The van der Waals surface area contributed by atoms with Gasteiger partial charge in [-0.05, 0) is 47.1 Å². The molecule has 1 atom stereocenters. The predicted octanol–water partition coefficient (Wildman–Crippen LogP) is 3.61. The number of esters is 1. The van der Waals surface area contributed by atoms with Crippen molar-refractivity contribution in [3.05, 3.63) is 51.1 Å². The summed E-state index contributed by atoms with van der Waals surface area (Å²) in [6.45, 7) is 2.54. The van der Waals surface area contributed by atoms with Crippen LogP contribution in [-0.4, -0.2) is 25.2 Å². The van der Waals surface area contributed by atoms with Gasteiger partial charge < -0.3 is 9.47 Å². The van der Waals surface area contributed by atoms with E-state index >= 15 is 0 Å². The Balaban J connectivity index is 2.01. The van der Waals surface area contributed by atoms with E-state index in [1.54, 1.807) is 18.3 Å². The molecule has 0 aliphatic rings. The zero-order chi connectivity index (χ0) is 16.0. The van der Waals surface area contributed by atoms with Crippen molar-refractivity contribution >= 4 is 33.2 Å². The number of hydrogen-bond donors (Lipinski definition) is 1. The van der Waals surface area contributed by atoms with E-state index in [-0.39, 0.29) is 12.6 Å². The molecule has 0 saturated heterocycles. The maximum absolute atomic E-state index is 12.1. The van der Waals surface area contributed by atoms with E-state index in [9.17, 15) is 4.79 Å². The molecule has 22 heavy (non-hydrogen) atoms. The maximum Gasteiger partial charge on any atom is 0.329 e. The van der Waals surface area contributed by atoms with Gasteiger partial charge in [0.25, 0.3) is 0 Å². The Hall–Kier alpha value is -1.37. The first-order valence-corrected chi connectivity index (χ1v) is 8.40. The normalized spacial score (nSPS) is 13.4. The molecule has 0 bridgehead atoms. The molecule has 4 nitrogen and oxygen atoms in total. The number of carbonyl (C=O) groups is 1. The highest BCUT2D eigenvalue weighted by molar-refractivity contribution is 9.11. The third-order valence-electron chi connectivity index (χ3n) is 3.19. The molecule has 0 amide bonds.